The number of carbonyl (C=O) groups is 1. The van der Waals surface area contributed by atoms with E-state index in [1.165, 1.54) is 0 Å². The molecule has 0 spiro atoms. The summed E-state index contributed by atoms with van der Waals surface area (Å²) in [5.41, 5.74) is 0.932. The van der Waals surface area contributed by atoms with Crippen LogP contribution in [0.5, 0.6) is 5.75 Å². The maximum absolute atomic E-state index is 11.7. The predicted octanol–water partition coefficient (Wildman–Crippen LogP) is 2.29. The van der Waals surface area contributed by atoms with Gasteiger partial charge >= 0.3 is 5.97 Å². The number of hydrogen-bond acceptors (Lipinski definition) is 4. The van der Waals surface area contributed by atoms with E-state index >= 15 is 0 Å². The number of esters is 1. The topological polar surface area (TPSA) is 55.8 Å². The Balaban J connectivity index is 2.64. The van der Waals surface area contributed by atoms with Gasteiger partial charge in [-0.25, -0.2) is 4.79 Å². The number of hydrogen-bond donors (Lipinski definition) is 1. The van der Waals surface area contributed by atoms with Gasteiger partial charge < -0.3 is 14.6 Å². The summed E-state index contributed by atoms with van der Waals surface area (Å²) in [6, 6.07) is 6.74. The zero-order valence-corrected chi connectivity index (χ0v) is 10.9. The molecule has 0 aliphatic heterocycles. The monoisotopic (exact) mass is 252 g/mol. The van der Waals surface area contributed by atoms with Crippen LogP contribution in [0.3, 0.4) is 0 Å². The van der Waals surface area contributed by atoms with Crippen LogP contribution in [-0.4, -0.2) is 30.4 Å². The number of phenolic OH excluding ortho intramolecular Hbond substituents is 1. The van der Waals surface area contributed by atoms with Crippen molar-refractivity contribution in [2.45, 2.75) is 32.8 Å². The quantitative estimate of drug-likeness (QED) is 0.756. The summed E-state index contributed by atoms with van der Waals surface area (Å²) >= 11 is 0. The van der Waals surface area contributed by atoms with Crippen LogP contribution in [0.15, 0.2) is 24.3 Å². The van der Waals surface area contributed by atoms with Gasteiger partial charge in [0.15, 0.2) is 6.10 Å². The summed E-state index contributed by atoms with van der Waals surface area (Å²) in [6.07, 6.45) is 0.736. The maximum Gasteiger partial charge on any atom is 0.335 e. The Kier molecular flexibility index (Phi) is 6.22. The van der Waals surface area contributed by atoms with Crippen LogP contribution in [0.25, 0.3) is 0 Å². The molecular weight excluding hydrogens is 232 g/mol. The molecular formula is C14H20O4. The molecule has 0 amide bonds. The standard InChI is InChI=1S/C14H20O4/c1-3-9-18-13(14(16)17-4-2)10-11-5-7-12(15)8-6-11/h5-8,13,15H,3-4,9-10H2,1-2H3. The van der Waals surface area contributed by atoms with Gasteiger partial charge in [-0.15, -0.1) is 0 Å². The van der Waals surface area contributed by atoms with Gasteiger partial charge in [0.2, 0.25) is 0 Å². The Morgan fingerprint density at radius 1 is 1.28 bits per heavy atom. The maximum atomic E-state index is 11.7. The van der Waals surface area contributed by atoms with Gasteiger partial charge in [-0.2, -0.15) is 0 Å². The highest BCUT2D eigenvalue weighted by molar-refractivity contribution is 5.75. The first-order valence-electron chi connectivity index (χ1n) is 6.23. The van der Waals surface area contributed by atoms with Crippen LogP contribution in [0.1, 0.15) is 25.8 Å². The number of rotatable bonds is 7. The Labute approximate surface area is 108 Å². The van der Waals surface area contributed by atoms with Crippen molar-refractivity contribution in [3.8, 4) is 5.75 Å². The molecule has 0 bridgehead atoms. The van der Waals surface area contributed by atoms with Gasteiger partial charge in [0, 0.05) is 13.0 Å². The molecule has 1 N–H and O–H groups in total. The molecule has 0 radical (unpaired) electrons. The number of phenols is 1. The fraction of sp³-hybridized carbons (Fsp3) is 0.500. The van der Waals surface area contributed by atoms with E-state index < -0.39 is 6.10 Å². The lowest BCUT2D eigenvalue weighted by atomic mass is 10.1. The fourth-order valence-corrected chi connectivity index (χ4v) is 1.55. The van der Waals surface area contributed by atoms with Crippen LogP contribution in [0.4, 0.5) is 0 Å². The van der Waals surface area contributed by atoms with E-state index in [-0.39, 0.29) is 11.7 Å². The molecule has 1 rings (SSSR count). The van der Waals surface area contributed by atoms with Crippen molar-refractivity contribution in [3.05, 3.63) is 29.8 Å². The van der Waals surface area contributed by atoms with Crippen LogP contribution in [-0.2, 0) is 20.7 Å². The minimum Gasteiger partial charge on any atom is -0.508 e. The molecule has 18 heavy (non-hydrogen) atoms. The van der Waals surface area contributed by atoms with Crippen LogP contribution < -0.4 is 0 Å². The van der Waals surface area contributed by atoms with E-state index in [1.54, 1.807) is 31.2 Å². The molecule has 0 aromatic heterocycles. The third kappa shape index (κ3) is 4.75. The molecule has 1 unspecified atom stereocenters. The molecule has 1 aromatic rings. The zero-order chi connectivity index (χ0) is 13.4. The van der Waals surface area contributed by atoms with E-state index in [1.807, 2.05) is 6.92 Å². The lowest BCUT2D eigenvalue weighted by Gasteiger charge is -2.16. The van der Waals surface area contributed by atoms with E-state index in [0.29, 0.717) is 19.6 Å². The Bertz CT molecular complexity index is 359. The molecule has 0 heterocycles. The van der Waals surface area contributed by atoms with Gasteiger partial charge in [-0.05, 0) is 31.0 Å². The SMILES string of the molecule is CCCOC(Cc1ccc(O)cc1)C(=O)OCC. The van der Waals surface area contributed by atoms with E-state index in [9.17, 15) is 9.90 Å². The predicted molar refractivity (Wildman–Crippen MR) is 68.5 cm³/mol. The van der Waals surface area contributed by atoms with Crippen molar-refractivity contribution in [3.63, 3.8) is 0 Å². The first-order valence-corrected chi connectivity index (χ1v) is 6.23. The van der Waals surface area contributed by atoms with Crippen molar-refractivity contribution in [1.82, 2.24) is 0 Å². The number of benzene rings is 1. The molecule has 0 saturated carbocycles. The summed E-state index contributed by atoms with van der Waals surface area (Å²) in [7, 11) is 0. The van der Waals surface area contributed by atoms with Crippen molar-refractivity contribution < 1.29 is 19.4 Å². The molecule has 4 nitrogen and oxygen atoms in total. The third-order valence-corrected chi connectivity index (χ3v) is 2.43. The summed E-state index contributed by atoms with van der Waals surface area (Å²) in [4.78, 5) is 11.7. The molecule has 0 fully saturated rings. The van der Waals surface area contributed by atoms with Crippen molar-refractivity contribution in [1.29, 1.82) is 0 Å². The lowest BCUT2D eigenvalue weighted by Crippen LogP contribution is -2.29. The normalized spacial score (nSPS) is 12.1. The molecule has 100 valence electrons. The lowest BCUT2D eigenvalue weighted by molar-refractivity contribution is -0.156. The Morgan fingerprint density at radius 2 is 1.94 bits per heavy atom. The van der Waals surface area contributed by atoms with Crippen molar-refractivity contribution in [2.24, 2.45) is 0 Å². The van der Waals surface area contributed by atoms with E-state index in [4.69, 9.17) is 9.47 Å². The first-order chi connectivity index (χ1) is 8.67. The minimum atomic E-state index is -0.575. The number of aromatic hydroxyl groups is 1. The second kappa shape index (κ2) is 7.71. The summed E-state index contributed by atoms with van der Waals surface area (Å²) in [6.45, 7) is 4.64. The van der Waals surface area contributed by atoms with Crippen molar-refractivity contribution >= 4 is 5.97 Å². The molecule has 0 aliphatic carbocycles. The highest BCUT2D eigenvalue weighted by atomic mass is 16.6. The highest BCUT2D eigenvalue weighted by Crippen LogP contribution is 2.13. The first kappa shape index (κ1) is 14.5. The molecule has 0 saturated heterocycles. The Morgan fingerprint density at radius 3 is 2.50 bits per heavy atom. The Hall–Kier alpha value is -1.55. The average Bonchev–Trinajstić information content (AvgIpc) is 2.37. The van der Waals surface area contributed by atoms with E-state index in [0.717, 1.165) is 12.0 Å². The van der Waals surface area contributed by atoms with Gasteiger partial charge in [-0.1, -0.05) is 19.1 Å². The van der Waals surface area contributed by atoms with Gasteiger partial charge in [-0.3, -0.25) is 0 Å². The van der Waals surface area contributed by atoms with Crippen molar-refractivity contribution in [2.75, 3.05) is 13.2 Å². The van der Waals surface area contributed by atoms with Crippen LogP contribution >= 0.6 is 0 Å². The smallest absolute Gasteiger partial charge is 0.335 e. The summed E-state index contributed by atoms with van der Waals surface area (Å²) in [5.74, 6) is -0.125. The van der Waals surface area contributed by atoms with Gasteiger partial charge in [0.25, 0.3) is 0 Å². The second-order valence-corrected chi connectivity index (χ2v) is 3.98. The van der Waals surface area contributed by atoms with Crippen LogP contribution in [0.2, 0.25) is 0 Å². The molecule has 4 heteroatoms. The highest BCUT2D eigenvalue weighted by Gasteiger charge is 2.20. The molecule has 0 aliphatic rings. The van der Waals surface area contributed by atoms with Crippen LogP contribution in [0, 0.1) is 0 Å². The average molecular weight is 252 g/mol. The number of ether oxygens (including phenoxy) is 2. The number of carbonyl (C=O) groups excluding carboxylic acids is 1. The summed E-state index contributed by atoms with van der Waals surface area (Å²) in [5, 5.41) is 9.20. The van der Waals surface area contributed by atoms with E-state index in [2.05, 4.69) is 0 Å². The molecule has 1 atom stereocenters. The van der Waals surface area contributed by atoms with Gasteiger partial charge in [0.05, 0.1) is 6.61 Å². The second-order valence-electron chi connectivity index (χ2n) is 3.98. The fourth-order valence-electron chi connectivity index (χ4n) is 1.55. The molecule has 1 aromatic carbocycles. The minimum absolute atomic E-state index is 0.209. The largest absolute Gasteiger partial charge is 0.508 e. The third-order valence-electron chi connectivity index (χ3n) is 2.43. The zero-order valence-electron chi connectivity index (χ0n) is 10.9. The van der Waals surface area contributed by atoms with Gasteiger partial charge in [0.1, 0.15) is 5.75 Å². The summed E-state index contributed by atoms with van der Waals surface area (Å²) < 4.78 is 10.5.